The minimum atomic E-state index is -0.111. The number of hydrogen-bond donors (Lipinski definition) is 1. The first-order valence-corrected chi connectivity index (χ1v) is 7.04. The highest BCUT2D eigenvalue weighted by atomic mass is 32.1. The van der Waals surface area contributed by atoms with E-state index in [0.29, 0.717) is 6.04 Å². The van der Waals surface area contributed by atoms with Gasteiger partial charge in [-0.2, -0.15) is 0 Å². The number of rotatable bonds is 5. The van der Waals surface area contributed by atoms with Crippen molar-refractivity contribution in [1.82, 2.24) is 19.9 Å². The molecule has 0 aromatic carbocycles. The maximum absolute atomic E-state index is 4.38. The maximum Gasteiger partial charge on any atom is 0.112 e. The van der Waals surface area contributed by atoms with Gasteiger partial charge in [-0.05, 0) is 27.7 Å². The van der Waals surface area contributed by atoms with Crippen LogP contribution in [0, 0.1) is 0 Å². The van der Waals surface area contributed by atoms with Crippen LogP contribution < -0.4 is 5.32 Å². The van der Waals surface area contributed by atoms with Crippen molar-refractivity contribution >= 4 is 11.3 Å². The summed E-state index contributed by atoms with van der Waals surface area (Å²) < 4.78 is 2.19. The van der Waals surface area contributed by atoms with Gasteiger partial charge in [0.15, 0.2) is 0 Å². The molecular weight excluding hydrogens is 244 g/mol. The highest BCUT2D eigenvalue weighted by Crippen LogP contribution is 2.22. The molecule has 4 nitrogen and oxygen atoms in total. The van der Waals surface area contributed by atoms with E-state index < -0.39 is 0 Å². The molecule has 0 saturated carbocycles. The van der Waals surface area contributed by atoms with Gasteiger partial charge in [0.1, 0.15) is 5.01 Å². The van der Waals surface area contributed by atoms with Gasteiger partial charge >= 0.3 is 0 Å². The SMILES string of the molecule is CC(C)n1cncc1CNC(C)(C)c1nccs1. The Labute approximate surface area is 112 Å². The van der Waals surface area contributed by atoms with Gasteiger partial charge in [0.05, 0.1) is 17.6 Å². The lowest BCUT2D eigenvalue weighted by molar-refractivity contribution is 0.389. The van der Waals surface area contributed by atoms with Crippen LogP contribution in [0.1, 0.15) is 44.4 Å². The van der Waals surface area contributed by atoms with E-state index in [1.807, 2.05) is 24.1 Å². The molecular formula is C13H20N4S. The molecule has 0 radical (unpaired) electrons. The Morgan fingerprint density at radius 2 is 2.22 bits per heavy atom. The van der Waals surface area contributed by atoms with E-state index in [0.717, 1.165) is 11.6 Å². The standard InChI is InChI=1S/C13H20N4S/c1-10(2)17-9-14-7-11(17)8-16-13(3,4)12-15-5-6-18-12/h5-7,9-10,16H,8H2,1-4H3. The second kappa shape index (κ2) is 5.20. The molecule has 0 unspecified atom stereocenters. The van der Waals surface area contributed by atoms with Gasteiger partial charge in [-0.15, -0.1) is 11.3 Å². The van der Waals surface area contributed by atoms with Gasteiger partial charge in [-0.3, -0.25) is 0 Å². The van der Waals surface area contributed by atoms with Crippen molar-refractivity contribution in [1.29, 1.82) is 0 Å². The third kappa shape index (κ3) is 2.79. The van der Waals surface area contributed by atoms with E-state index >= 15 is 0 Å². The van der Waals surface area contributed by atoms with E-state index in [2.05, 4.69) is 47.5 Å². The zero-order valence-corrected chi connectivity index (χ0v) is 12.2. The van der Waals surface area contributed by atoms with Crippen LogP contribution in [0.3, 0.4) is 0 Å². The summed E-state index contributed by atoms with van der Waals surface area (Å²) in [4.78, 5) is 8.60. The number of nitrogens with one attached hydrogen (secondary N) is 1. The van der Waals surface area contributed by atoms with Crippen molar-refractivity contribution in [3.05, 3.63) is 34.8 Å². The van der Waals surface area contributed by atoms with E-state index in [-0.39, 0.29) is 5.54 Å². The van der Waals surface area contributed by atoms with Gasteiger partial charge < -0.3 is 9.88 Å². The van der Waals surface area contributed by atoms with Crippen LogP contribution >= 0.6 is 11.3 Å². The Bertz CT molecular complexity index is 485. The summed E-state index contributed by atoms with van der Waals surface area (Å²) in [5, 5.41) is 6.67. The fraction of sp³-hybridized carbons (Fsp3) is 0.538. The zero-order valence-electron chi connectivity index (χ0n) is 11.3. The van der Waals surface area contributed by atoms with Crippen LogP contribution in [0.2, 0.25) is 0 Å². The smallest absolute Gasteiger partial charge is 0.112 e. The monoisotopic (exact) mass is 264 g/mol. The van der Waals surface area contributed by atoms with Crippen LogP contribution in [-0.4, -0.2) is 14.5 Å². The molecule has 0 aliphatic rings. The fourth-order valence-corrected chi connectivity index (χ4v) is 2.59. The molecule has 2 aromatic heterocycles. The molecule has 0 spiro atoms. The minimum absolute atomic E-state index is 0.111. The molecule has 0 aliphatic carbocycles. The summed E-state index contributed by atoms with van der Waals surface area (Å²) in [6, 6.07) is 0.437. The van der Waals surface area contributed by atoms with Gasteiger partial charge in [0, 0.05) is 30.4 Å². The second-order valence-corrected chi connectivity index (χ2v) is 6.10. The molecule has 1 N–H and O–H groups in total. The van der Waals surface area contributed by atoms with E-state index in [1.165, 1.54) is 5.69 Å². The molecule has 2 aromatic rings. The summed E-state index contributed by atoms with van der Waals surface area (Å²) in [6.45, 7) is 9.43. The Hall–Kier alpha value is -1.20. The van der Waals surface area contributed by atoms with Gasteiger partial charge in [0.25, 0.3) is 0 Å². The first-order chi connectivity index (χ1) is 8.50. The van der Waals surface area contributed by atoms with Crippen LogP contribution in [-0.2, 0) is 12.1 Å². The Balaban J connectivity index is 2.05. The van der Waals surface area contributed by atoms with Gasteiger partial charge in [-0.25, -0.2) is 9.97 Å². The van der Waals surface area contributed by atoms with Crippen molar-refractivity contribution in [3.63, 3.8) is 0 Å². The lowest BCUT2D eigenvalue weighted by Crippen LogP contribution is -2.36. The number of imidazole rings is 1. The van der Waals surface area contributed by atoms with Gasteiger partial charge in [0.2, 0.25) is 0 Å². The predicted molar refractivity (Wildman–Crippen MR) is 74.6 cm³/mol. The quantitative estimate of drug-likeness (QED) is 0.903. The topological polar surface area (TPSA) is 42.7 Å². The Morgan fingerprint density at radius 1 is 1.44 bits per heavy atom. The lowest BCUT2D eigenvalue weighted by atomic mass is 10.1. The van der Waals surface area contributed by atoms with E-state index in [4.69, 9.17) is 0 Å². The molecule has 0 amide bonds. The normalized spacial score (nSPS) is 12.3. The van der Waals surface area contributed by atoms with Crippen LogP contribution in [0.15, 0.2) is 24.1 Å². The molecule has 2 rings (SSSR count). The van der Waals surface area contributed by atoms with Crippen molar-refractivity contribution in [2.45, 2.75) is 45.8 Å². The summed E-state index contributed by atoms with van der Waals surface area (Å²) in [5.41, 5.74) is 1.09. The third-order valence-corrected chi connectivity index (χ3v) is 4.08. The molecule has 98 valence electrons. The molecule has 0 atom stereocenters. The minimum Gasteiger partial charge on any atom is -0.331 e. The van der Waals surface area contributed by atoms with Crippen molar-refractivity contribution in [2.24, 2.45) is 0 Å². The van der Waals surface area contributed by atoms with E-state index in [1.54, 1.807) is 11.3 Å². The molecule has 0 aliphatic heterocycles. The molecule has 2 heterocycles. The zero-order chi connectivity index (χ0) is 13.2. The summed E-state index contributed by atoms with van der Waals surface area (Å²) in [6.07, 6.45) is 5.66. The van der Waals surface area contributed by atoms with Gasteiger partial charge in [-0.1, -0.05) is 0 Å². The molecule has 0 bridgehead atoms. The highest BCUT2D eigenvalue weighted by Gasteiger charge is 2.22. The number of hydrogen-bond acceptors (Lipinski definition) is 4. The molecule has 5 heteroatoms. The molecule has 0 fully saturated rings. The Morgan fingerprint density at radius 3 is 2.83 bits per heavy atom. The highest BCUT2D eigenvalue weighted by molar-refractivity contribution is 7.09. The fourth-order valence-electron chi connectivity index (χ4n) is 1.85. The molecule has 0 saturated heterocycles. The first-order valence-electron chi connectivity index (χ1n) is 6.16. The third-order valence-electron chi connectivity index (χ3n) is 2.98. The van der Waals surface area contributed by atoms with Crippen LogP contribution in [0.25, 0.3) is 0 Å². The maximum atomic E-state index is 4.38. The second-order valence-electron chi connectivity index (χ2n) is 5.20. The summed E-state index contributed by atoms with van der Waals surface area (Å²) >= 11 is 1.68. The number of nitrogens with zero attached hydrogens (tertiary/aromatic N) is 3. The average molecular weight is 264 g/mol. The largest absolute Gasteiger partial charge is 0.331 e. The molecule has 18 heavy (non-hydrogen) atoms. The predicted octanol–water partition coefficient (Wildman–Crippen LogP) is 2.95. The summed E-state index contributed by atoms with van der Waals surface area (Å²) in [5.74, 6) is 0. The Kier molecular flexibility index (Phi) is 3.82. The number of aromatic nitrogens is 3. The first kappa shape index (κ1) is 13.2. The average Bonchev–Trinajstić information content (AvgIpc) is 2.97. The lowest BCUT2D eigenvalue weighted by Gasteiger charge is -2.24. The van der Waals surface area contributed by atoms with Crippen molar-refractivity contribution in [3.8, 4) is 0 Å². The van der Waals surface area contributed by atoms with Crippen LogP contribution in [0.5, 0.6) is 0 Å². The number of thiazole rings is 1. The summed E-state index contributed by atoms with van der Waals surface area (Å²) in [7, 11) is 0. The van der Waals surface area contributed by atoms with Crippen molar-refractivity contribution < 1.29 is 0 Å². The van der Waals surface area contributed by atoms with Crippen LogP contribution in [0.4, 0.5) is 0 Å². The van der Waals surface area contributed by atoms with E-state index in [9.17, 15) is 0 Å². The van der Waals surface area contributed by atoms with Crippen molar-refractivity contribution in [2.75, 3.05) is 0 Å².